The van der Waals surface area contributed by atoms with Crippen molar-refractivity contribution in [1.29, 1.82) is 0 Å². The molecule has 260 valence electrons. The lowest BCUT2D eigenvalue weighted by Gasteiger charge is -2.20. The highest BCUT2D eigenvalue weighted by molar-refractivity contribution is 6.33. The lowest BCUT2D eigenvalue weighted by molar-refractivity contribution is 0.412. The number of anilines is 1. The quantitative estimate of drug-likeness (QED) is 0.0667. The number of benzene rings is 3. The Morgan fingerprint density at radius 2 is 1.53 bits per heavy atom. The second-order valence-electron chi connectivity index (χ2n) is 12.4. The fourth-order valence-electron chi connectivity index (χ4n) is 6.24. The standard InChI is InChI=1S/C40H49Cl2N5O2/c1-4-36(34-26-31(48-2)15-18-37(34)46-30-13-11-12-28(41)24-30)44-22-9-5-7-20-43-21-8-6-10-23-45-40-33-17-14-29(42)25-39(33)47-38-19-16-32(49-3)27-35(38)40/h11-12,14-19,24-27,36,43-44H,4-10,13,20-23H2,1-3H3,(H,45,47)/b46-30+. The lowest BCUT2D eigenvalue weighted by Crippen LogP contribution is -2.22. The third-order valence-electron chi connectivity index (χ3n) is 8.89. The minimum atomic E-state index is 0.206. The first-order valence-electron chi connectivity index (χ1n) is 17.5. The lowest BCUT2D eigenvalue weighted by atomic mass is 10.0. The van der Waals surface area contributed by atoms with Gasteiger partial charge in [0.15, 0.2) is 0 Å². The highest BCUT2D eigenvalue weighted by atomic mass is 35.5. The van der Waals surface area contributed by atoms with Gasteiger partial charge in [-0.1, -0.05) is 49.0 Å². The molecule has 1 atom stereocenters. The van der Waals surface area contributed by atoms with Crippen LogP contribution in [0.2, 0.25) is 5.02 Å². The van der Waals surface area contributed by atoms with Gasteiger partial charge in [0.05, 0.1) is 36.6 Å². The molecule has 0 amide bonds. The molecule has 0 aliphatic heterocycles. The van der Waals surface area contributed by atoms with Gasteiger partial charge in [0.25, 0.3) is 0 Å². The Bertz CT molecular complexity index is 1790. The van der Waals surface area contributed by atoms with Crippen molar-refractivity contribution in [2.24, 2.45) is 4.99 Å². The van der Waals surface area contributed by atoms with Gasteiger partial charge in [-0.25, -0.2) is 4.98 Å². The van der Waals surface area contributed by atoms with E-state index in [1.165, 1.54) is 12.8 Å². The zero-order chi connectivity index (χ0) is 34.4. The van der Waals surface area contributed by atoms with E-state index in [-0.39, 0.29) is 6.04 Å². The van der Waals surface area contributed by atoms with Crippen LogP contribution in [-0.2, 0) is 0 Å². The van der Waals surface area contributed by atoms with Crippen molar-refractivity contribution < 1.29 is 9.47 Å². The number of ether oxygens (including phenoxy) is 2. The summed E-state index contributed by atoms with van der Waals surface area (Å²) in [7, 11) is 3.40. The second kappa shape index (κ2) is 19.0. The van der Waals surface area contributed by atoms with Gasteiger partial charge < -0.3 is 25.4 Å². The zero-order valence-corrected chi connectivity index (χ0v) is 30.5. The van der Waals surface area contributed by atoms with Crippen LogP contribution >= 0.6 is 23.2 Å². The minimum absolute atomic E-state index is 0.206. The molecule has 0 spiro atoms. The minimum Gasteiger partial charge on any atom is -0.497 e. The summed E-state index contributed by atoms with van der Waals surface area (Å²) in [6.07, 6.45) is 14.6. The fourth-order valence-corrected chi connectivity index (χ4v) is 6.62. The van der Waals surface area contributed by atoms with E-state index < -0.39 is 0 Å². The van der Waals surface area contributed by atoms with E-state index in [0.717, 1.165) is 121 Å². The number of hydrogen-bond acceptors (Lipinski definition) is 7. The molecule has 1 aliphatic rings. The monoisotopic (exact) mass is 701 g/mol. The van der Waals surface area contributed by atoms with Crippen molar-refractivity contribution >= 4 is 62.1 Å². The Morgan fingerprint density at radius 1 is 0.796 bits per heavy atom. The highest BCUT2D eigenvalue weighted by Crippen LogP contribution is 2.35. The van der Waals surface area contributed by atoms with Crippen LogP contribution in [0.5, 0.6) is 11.5 Å². The number of nitrogens with zero attached hydrogens (tertiary/aromatic N) is 2. The largest absolute Gasteiger partial charge is 0.497 e. The van der Waals surface area contributed by atoms with Crippen LogP contribution in [-0.4, -0.2) is 51.1 Å². The van der Waals surface area contributed by atoms with Gasteiger partial charge >= 0.3 is 0 Å². The Morgan fingerprint density at radius 3 is 2.29 bits per heavy atom. The van der Waals surface area contributed by atoms with Gasteiger partial charge in [0, 0.05) is 45.5 Å². The molecule has 4 aromatic rings. The molecular formula is C40H49Cl2N5O2. The van der Waals surface area contributed by atoms with Crippen molar-refractivity contribution in [2.45, 2.75) is 64.3 Å². The van der Waals surface area contributed by atoms with Gasteiger partial charge in [-0.05, 0) is 124 Å². The molecule has 0 radical (unpaired) electrons. The van der Waals surface area contributed by atoms with E-state index >= 15 is 0 Å². The predicted molar refractivity (Wildman–Crippen MR) is 209 cm³/mol. The van der Waals surface area contributed by atoms with Crippen LogP contribution < -0.4 is 25.4 Å². The van der Waals surface area contributed by atoms with Crippen molar-refractivity contribution in [1.82, 2.24) is 15.6 Å². The predicted octanol–water partition coefficient (Wildman–Crippen LogP) is 10.3. The third-order valence-corrected chi connectivity index (χ3v) is 9.36. The summed E-state index contributed by atoms with van der Waals surface area (Å²) < 4.78 is 11.0. The summed E-state index contributed by atoms with van der Waals surface area (Å²) in [4.78, 5) is 9.78. The van der Waals surface area contributed by atoms with E-state index in [1.807, 2.05) is 54.6 Å². The summed E-state index contributed by atoms with van der Waals surface area (Å²) >= 11 is 12.5. The normalized spacial score (nSPS) is 14.4. The second-order valence-corrected chi connectivity index (χ2v) is 13.3. The van der Waals surface area contributed by atoms with E-state index in [1.54, 1.807) is 14.2 Å². The van der Waals surface area contributed by atoms with Gasteiger partial charge in [-0.15, -0.1) is 0 Å². The maximum Gasteiger partial charge on any atom is 0.119 e. The number of pyridine rings is 1. The molecule has 1 heterocycles. The summed E-state index contributed by atoms with van der Waals surface area (Å²) in [5.41, 5.74) is 6.01. The average molecular weight is 703 g/mol. The number of hydrogen-bond donors (Lipinski definition) is 3. The van der Waals surface area contributed by atoms with E-state index in [9.17, 15) is 0 Å². The molecule has 3 aromatic carbocycles. The smallest absolute Gasteiger partial charge is 0.119 e. The molecular weight excluding hydrogens is 653 g/mol. The average Bonchev–Trinajstić information content (AvgIpc) is 3.11. The molecule has 7 nitrogen and oxygen atoms in total. The van der Waals surface area contributed by atoms with Crippen LogP contribution in [0, 0.1) is 0 Å². The van der Waals surface area contributed by atoms with Crippen molar-refractivity contribution in [3.8, 4) is 11.5 Å². The van der Waals surface area contributed by atoms with E-state index in [0.29, 0.717) is 10.1 Å². The maximum atomic E-state index is 6.28. The molecule has 0 bridgehead atoms. The van der Waals surface area contributed by atoms with Crippen molar-refractivity contribution in [2.75, 3.05) is 45.7 Å². The molecule has 0 fully saturated rings. The fraction of sp³-hybridized carbons (Fsp3) is 0.400. The van der Waals surface area contributed by atoms with E-state index in [2.05, 4.69) is 41.1 Å². The first-order chi connectivity index (χ1) is 24.0. The van der Waals surface area contributed by atoms with Crippen molar-refractivity contribution in [3.63, 3.8) is 0 Å². The Labute approximate surface area is 301 Å². The molecule has 5 rings (SSSR count). The first kappa shape index (κ1) is 36.7. The Hall–Kier alpha value is -3.62. The van der Waals surface area contributed by atoms with E-state index in [4.69, 9.17) is 42.7 Å². The van der Waals surface area contributed by atoms with Gasteiger partial charge in [-0.2, -0.15) is 0 Å². The van der Waals surface area contributed by atoms with Gasteiger partial charge in [-0.3, -0.25) is 4.99 Å². The molecule has 9 heteroatoms. The molecule has 1 aliphatic carbocycles. The van der Waals surface area contributed by atoms with Crippen LogP contribution in [0.4, 0.5) is 11.4 Å². The molecule has 3 N–H and O–H groups in total. The SMILES string of the molecule is CCC(NCCCCCNCCCCCNc1c2ccc(Cl)cc2nc2ccc(OC)cc12)c1cc(OC)ccc1/N=C1/C=C(Cl)C=CC1. The molecule has 49 heavy (non-hydrogen) atoms. The third kappa shape index (κ3) is 10.4. The van der Waals surface area contributed by atoms with Gasteiger partial charge in [0.1, 0.15) is 11.5 Å². The number of halogens is 2. The van der Waals surface area contributed by atoms with Crippen LogP contribution in [0.15, 0.2) is 82.9 Å². The Balaban J connectivity index is 0.990. The molecule has 0 saturated heterocycles. The molecule has 1 unspecified atom stereocenters. The number of unbranched alkanes of at least 4 members (excludes halogenated alkanes) is 4. The van der Waals surface area contributed by atoms with Crippen LogP contribution in [0.25, 0.3) is 21.8 Å². The number of nitrogens with one attached hydrogen (secondary N) is 3. The van der Waals surface area contributed by atoms with Crippen molar-refractivity contribution in [3.05, 3.63) is 88.4 Å². The number of allylic oxidation sites excluding steroid dienone is 4. The van der Waals surface area contributed by atoms with Gasteiger partial charge in [0.2, 0.25) is 0 Å². The first-order valence-corrected chi connectivity index (χ1v) is 18.3. The van der Waals surface area contributed by atoms with Crippen LogP contribution in [0.3, 0.4) is 0 Å². The maximum absolute atomic E-state index is 6.28. The molecule has 0 saturated carbocycles. The Kier molecular flexibility index (Phi) is 14.2. The summed E-state index contributed by atoms with van der Waals surface area (Å²) in [6.45, 7) is 6.18. The number of aliphatic imine (C=N–C) groups is 1. The highest BCUT2D eigenvalue weighted by Gasteiger charge is 2.16. The number of fused-ring (bicyclic) bond motifs is 2. The molecule has 1 aromatic heterocycles. The topological polar surface area (TPSA) is 79.8 Å². The number of methoxy groups -OCH3 is 2. The summed E-state index contributed by atoms with van der Waals surface area (Å²) in [6, 6.07) is 18.2. The summed E-state index contributed by atoms with van der Waals surface area (Å²) in [5.74, 6) is 1.67. The van der Waals surface area contributed by atoms with Crippen LogP contribution in [0.1, 0.15) is 69.9 Å². The number of rotatable bonds is 19. The number of aromatic nitrogens is 1. The zero-order valence-electron chi connectivity index (χ0n) is 29.0. The summed E-state index contributed by atoms with van der Waals surface area (Å²) in [5, 5.41) is 14.6.